The largest absolute Gasteiger partial charge is 0.469 e. The van der Waals surface area contributed by atoms with Crippen molar-refractivity contribution in [1.82, 2.24) is 4.98 Å². The summed E-state index contributed by atoms with van der Waals surface area (Å²) in [6.45, 7) is 0. The average molecular weight is 395 g/mol. The Morgan fingerprint density at radius 1 is 1.47 bits per heavy atom. The van der Waals surface area contributed by atoms with Crippen LogP contribution in [-0.2, 0) is 22.1 Å². The van der Waals surface area contributed by atoms with Crippen molar-refractivity contribution < 1.29 is 31.5 Å². The third-order valence-electron chi connectivity index (χ3n) is 2.13. The lowest BCUT2D eigenvalue weighted by molar-refractivity contribution is -0.140. The quantitative estimate of drug-likeness (QED) is 0.341. The molecule has 3 nitrogen and oxygen atoms in total. The van der Waals surface area contributed by atoms with Gasteiger partial charge in [0, 0.05) is 5.56 Å². The van der Waals surface area contributed by atoms with Gasteiger partial charge in [-0.3, -0.25) is 4.79 Å². The number of alkyl halides is 5. The Balaban J connectivity index is 3.34. The number of nitrogens with zero attached hydrogens (tertiary/aromatic N) is 1. The molecule has 0 bridgehead atoms. The van der Waals surface area contributed by atoms with Crippen LogP contribution >= 0.6 is 22.6 Å². The van der Waals surface area contributed by atoms with Crippen LogP contribution < -0.4 is 0 Å². The second kappa shape index (κ2) is 5.97. The number of carbonyl (C=O) groups is 1. The van der Waals surface area contributed by atoms with Crippen LogP contribution in [0, 0.1) is 3.70 Å². The first kappa shape index (κ1) is 16.1. The van der Waals surface area contributed by atoms with Gasteiger partial charge >= 0.3 is 12.1 Å². The van der Waals surface area contributed by atoms with Crippen molar-refractivity contribution >= 4 is 28.6 Å². The van der Waals surface area contributed by atoms with Crippen molar-refractivity contribution in [2.75, 3.05) is 7.11 Å². The van der Waals surface area contributed by atoms with Crippen LogP contribution in [0.2, 0.25) is 0 Å². The van der Waals surface area contributed by atoms with Crippen LogP contribution in [0.25, 0.3) is 0 Å². The Morgan fingerprint density at radius 2 is 2.05 bits per heavy atom. The number of esters is 1. The van der Waals surface area contributed by atoms with Crippen LogP contribution in [-0.4, -0.2) is 18.1 Å². The van der Waals surface area contributed by atoms with Gasteiger partial charge in [-0.05, 0) is 28.7 Å². The Bertz CT molecular complexity index is 490. The molecule has 0 aliphatic heterocycles. The van der Waals surface area contributed by atoms with Gasteiger partial charge in [0.05, 0.1) is 24.8 Å². The highest BCUT2D eigenvalue weighted by Gasteiger charge is 2.39. The van der Waals surface area contributed by atoms with E-state index >= 15 is 0 Å². The lowest BCUT2D eigenvalue weighted by atomic mass is 10.1. The fraction of sp³-hybridized carbons (Fsp3) is 0.400. The molecule has 0 aliphatic rings. The molecule has 0 atom stereocenters. The Morgan fingerprint density at radius 3 is 2.47 bits per heavy atom. The number of pyridine rings is 1. The summed E-state index contributed by atoms with van der Waals surface area (Å²) >= 11 is 1.21. The van der Waals surface area contributed by atoms with Gasteiger partial charge in [-0.25, -0.2) is 13.8 Å². The molecule has 0 spiro atoms. The van der Waals surface area contributed by atoms with E-state index < -0.39 is 39.8 Å². The summed E-state index contributed by atoms with van der Waals surface area (Å²) in [7, 11) is 1.07. The van der Waals surface area contributed by atoms with E-state index in [4.69, 9.17) is 0 Å². The Hall–Kier alpha value is -1.00. The molecule has 0 radical (unpaired) electrons. The van der Waals surface area contributed by atoms with E-state index in [1.807, 2.05) is 0 Å². The van der Waals surface area contributed by atoms with Gasteiger partial charge in [-0.1, -0.05) is 0 Å². The number of methoxy groups -OCH3 is 1. The molecule has 0 saturated heterocycles. The summed E-state index contributed by atoms with van der Waals surface area (Å²) in [5.74, 6) is -0.775. The van der Waals surface area contributed by atoms with Crippen molar-refractivity contribution in [2.45, 2.75) is 19.0 Å². The molecule has 0 N–H and O–H groups in total. The molecular formula is C10H7F5INO2. The van der Waals surface area contributed by atoms with E-state index in [-0.39, 0.29) is 5.69 Å². The highest BCUT2D eigenvalue weighted by atomic mass is 127. The second-order valence-electron chi connectivity index (χ2n) is 3.42. The summed E-state index contributed by atoms with van der Waals surface area (Å²) in [5.41, 5.74) is -2.86. The molecule has 9 heteroatoms. The van der Waals surface area contributed by atoms with Crippen molar-refractivity contribution in [3.63, 3.8) is 0 Å². The number of aromatic nitrogens is 1. The molecule has 0 aromatic carbocycles. The molecule has 0 unspecified atom stereocenters. The topological polar surface area (TPSA) is 39.2 Å². The van der Waals surface area contributed by atoms with Crippen LogP contribution in [0.5, 0.6) is 0 Å². The maximum atomic E-state index is 12.7. The number of hydrogen-bond acceptors (Lipinski definition) is 3. The first-order valence-electron chi connectivity index (χ1n) is 4.78. The van der Waals surface area contributed by atoms with Crippen molar-refractivity contribution in [3.05, 3.63) is 26.6 Å². The summed E-state index contributed by atoms with van der Waals surface area (Å²) in [5, 5.41) is 0. The van der Waals surface area contributed by atoms with Gasteiger partial charge in [0.1, 0.15) is 3.70 Å². The van der Waals surface area contributed by atoms with Crippen LogP contribution in [0.15, 0.2) is 6.07 Å². The maximum absolute atomic E-state index is 12.7. The van der Waals surface area contributed by atoms with E-state index in [0.29, 0.717) is 6.07 Å². The van der Waals surface area contributed by atoms with Gasteiger partial charge in [-0.15, -0.1) is 0 Å². The predicted octanol–water partition coefficient (Wildman–Crippen LogP) is 3.36. The lowest BCUT2D eigenvalue weighted by Crippen LogP contribution is -2.16. The normalized spacial score (nSPS) is 11.8. The fourth-order valence-corrected chi connectivity index (χ4v) is 2.28. The van der Waals surface area contributed by atoms with Gasteiger partial charge in [0.15, 0.2) is 0 Å². The minimum atomic E-state index is -4.93. The smallest absolute Gasteiger partial charge is 0.419 e. The molecule has 19 heavy (non-hydrogen) atoms. The zero-order chi connectivity index (χ0) is 14.8. The van der Waals surface area contributed by atoms with Crippen LogP contribution in [0.4, 0.5) is 22.0 Å². The SMILES string of the molecule is COC(=O)Cc1cc(C(F)F)c(C(F)(F)F)c(I)n1. The average Bonchev–Trinajstić information content (AvgIpc) is 2.25. The second-order valence-corrected chi connectivity index (χ2v) is 4.44. The molecule has 1 rings (SSSR count). The molecule has 0 aliphatic carbocycles. The molecule has 0 fully saturated rings. The monoisotopic (exact) mass is 395 g/mol. The standard InChI is InChI=1S/C10H7F5INO2/c1-19-6(18)3-4-2-5(8(11)12)7(9(16)17-4)10(13,14)15/h2,8H,3H2,1H3. The maximum Gasteiger partial charge on any atom is 0.419 e. The van der Waals surface area contributed by atoms with E-state index in [2.05, 4.69) is 9.72 Å². The van der Waals surface area contributed by atoms with Gasteiger partial charge in [0.25, 0.3) is 6.43 Å². The molecule has 1 aromatic rings. The minimum absolute atomic E-state index is 0.195. The highest BCUT2D eigenvalue weighted by Crippen LogP contribution is 2.38. The van der Waals surface area contributed by atoms with E-state index in [1.165, 1.54) is 22.6 Å². The van der Waals surface area contributed by atoms with Gasteiger partial charge in [0.2, 0.25) is 0 Å². The molecule has 0 saturated carbocycles. The predicted molar refractivity (Wildman–Crippen MR) is 62.6 cm³/mol. The number of ether oxygens (including phenoxy) is 1. The van der Waals surface area contributed by atoms with E-state index in [0.717, 1.165) is 7.11 Å². The number of halogens is 6. The molecule has 1 heterocycles. The van der Waals surface area contributed by atoms with Crippen molar-refractivity contribution in [3.8, 4) is 0 Å². The first-order chi connectivity index (χ1) is 8.66. The molecular weight excluding hydrogens is 388 g/mol. The summed E-state index contributed by atoms with van der Waals surface area (Å²) in [4.78, 5) is 14.5. The third kappa shape index (κ3) is 3.98. The summed E-state index contributed by atoms with van der Waals surface area (Å²) in [6.07, 6.45) is -8.71. The lowest BCUT2D eigenvalue weighted by Gasteiger charge is -2.15. The van der Waals surface area contributed by atoms with Gasteiger partial charge < -0.3 is 4.74 Å². The minimum Gasteiger partial charge on any atom is -0.469 e. The van der Waals surface area contributed by atoms with Crippen LogP contribution in [0.1, 0.15) is 23.2 Å². The third-order valence-corrected chi connectivity index (χ3v) is 2.91. The zero-order valence-electron chi connectivity index (χ0n) is 9.39. The highest BCUT2D eigenvalue weighted by molar-refractivity contribution is 14.1. The fourth-order valence-electron chi connectivity index (χ4n) is 1.35. The van der Waals surface area contributed by atoms with Gasteiger partial charge in [-0.2, -0.15) is 13.2 Å². The summed E-state index contributed by atoms with van der Waals surface area (Å²) < 4.78 is 67.0. The van der Waals surface area contributed by atoms with Crippen LogP contribution in [0.3, 0.4) is 0 Å². The molecule has 1 aromatic heterocycles. The summed E-state index contributed by atoms with van der Waals surface area (Å²) in [6, 6.07) is 0.576. The number of rotatable bonds is 3. The van der Waals surface area contributed by atoms with E-state index in [1.54, 1.807) is 0 Å². The number of carbonyl (C=O) groups excluding carboxylic acids is 1. The van der Waals surface area contributed by atoms with Crippen molar-refractivity contribution in [1.29, 1.82) is 0 Å². The van der Waals surface area contributed by atoms with E-state index in [9.17, 15) is 26.7 Å². The van der Waals surface area contributed by atoms with Crippen molar-refractivity contribution in [2.24, 2.45) is 0 Å². The zero-order valence-corrected chi connectivity index (χ0v) is 11.6. The number of hydrogen-bond donors (Lipinski definition) is 0. The first-order valence-corrected chi connectivity index (χ1v) is 5.86. The Kier molecular flexibility index (Phi) is 5.04. The molecule has 106 valence electrons. The Labute approximate surface area is 118 Å². The molecule has 0 amide bonds.